The van der Waals surface area contributed by atoms with E-state index in [0.29, 0.717) is 24.2 Å². The summed E-state index contributed by atoms with van der Waals surface area (Å²) in [5.41, 5.74) is 0.998. The van der Waals surface area contributed by atoms with Crippen LogP contribution in [0.4, 0.5) is 10.5 Å². The van der Waals surface area contributed by atoms with E-state index in [2.05, 4.69) is 16.0 Å². The van der Waals surface area contributed by atoms with Crippen LogP contribution in [0, 0.1) is 0 Å². The van der Waals surface area contributed by atoms with Crippen molar-refractivity contribution in [1.29, 1.82) is 0 Å². The fourth-order valence-corrected chi connectivity index (χ4v) is 3.11. The monoisotopic (exact) mass is 316 g/mol. The van der Waals surface area contributed by atoms with Crippen molar-refractivity contribution < 1.29 is 14.4 Å². The molecule has 0 saturated carbocycles. The van der Waals surface area contributed by atoms with Crippen molar-refractivity contribution in [3.8, 4) is 0 Å². The number of fused-ring (bicyclic) bond motifs is 2. The van der Waals surface area contributed by atoms with Crippen molar-refractivity contribution in [2.24, 2.45) is 0 Å². The Bertz CT molecular complexity index is 658. The highest BCUT2D eigenvalue weighted by Gasteiger charge is 2.45. The number of nitrogens with one attached hydrogen (secondary N) is 3. The minimum Gasteiger partial charge on any atom is -0.336 e. The lowest BCUT2D eigenvalue weighted by atomic mass is 10.1. The van der Waals surface area contributed by atoms with E-state index in [1.54, 1.807) is 29.2 Å². The highest BCUT2D eigenvalue weighted by Crippen LogP contribution is 2.28. The standard InChI is InChI=1S/C16H20N4O3/c1-9(2)17-16(23)19-12-7-8-20-13(12)14(21)18-11-6-4-3-5-10(11)15(20)22/h3-6,9,12-13H,7-8H2,1-2H3,(H,18,21)(H2,17,19,23)/t12-,13+/m1/s1. The van der Waals surface area contributed by atoms with Gasteiger partial charge in [0.1, 0.15) is 6.04 Å². The molecule has 3 rings (SSSR count). The van der Waals surface area contributed by atoms with E-state index in [9.17, 15) is 14.4 Å². The Balaban J connectivity index is 1.83. The molecular formula is C16H20N4O3. The SMILES string of the molecule is CC(C)NC(=O)N[C@@H]1CCN2C(=O)c3ccccc3NC(=O)[C@H]12. The second kappa shape index (κ2) is 5.91. The van der Waals surface area contributed by atoms with Crippen molar-refractivity contribution in [2.45, 2.75) is 38.4 Å². The molecule has 0 spiro atoms. The predicted molar refractivity (Wildman–Crippen MR) is 85.1 cm³/mol. The molecule has 7 nitrogen and oxygen atoms in total. The molecule has 3 N–H and O–H groups in total. The fourth-order valence-electron chi connectivity index (χ4n) is 3.11. The zero-order valence-corrected chi connectivity index (χ0v) is 13.1. The van der Waals surface area contributed by atoms with Crippen LogP contribution in [0.25, 0.3) is 0 Å². The number of carbonyl (C=O) groups excluding carboxylic acids is 3. The first kappa shape index (κ1) is 15.3. The zero-order valence-electron chi connectivity index (χ0n) is 13.1. The summed E-state index contributed by atoms with van der Waals surface area (Å²) in [6.45, 7) is 4.16. The smallest absolute Gasteiger partial charge is 0.315 e. The van der Waals surface area contributed by atoms with Crippen LogP contribution in [-0.2, 0) is 4.79 Å². The highest BCUT2D eigenvalue weighted by molar-refractivity contribution is 6.10. The van der Waals surface area contributed by atoms with E-state index in [4.69, 9.17) is 0 Å². The molecule has 1 fully saturated rings. The maximum Gasteiger partial charge on any atom is 0.315 e. The first-order valence-electron chi connectivity index (χ1n) is 7.75. The molecule has 2 heterocycles. The molecule has 0 aromatic heterocycles. The first-order chi connectivity index (χ1) is 11.0. The van der Waals surface area contributed by atoms with Crippen LogP contribution >= 0.6 is 0 Å². The molecule has 2 aliphatic heterocycles. The first-order valence-corrected chi connectivity index (χ1v) is 7.75. The van der Waals surface area contributed by atoms with Crippen LogP contribution in [0.5, 0.6) is 0 Å². The van der Waals surface area contributed by atoms with Gasteiger partial charge in [-0.3, -0.25) is 9.59 Å². The molecule has 1 saturated heterocycles. The Labute approximate surface area is 134 Å². The van der Waals surface area contributed by atoms with Gasteiger partial charge in [-0.25, -0.2) is 4.79 Å². The van der Waals surface area contributed by atoms with Crippen molar-refractivity contribution >= 4 is 23.5 Å². The van der Waals surface area contributed by atoms with Crippen LogP contribution in [-0.4, -0.2) is 47.4 Å². The van der Waals surface area contributed by atoms with Gasteiger partial charge >= 0.3 is 6.03 Å². The van der Waals surface area contributed by atoms with Gasteiger partial charge in [0, 0.05) is 12.6 Å². The van der Waals surface area contributed by atoms with E-state index in [1.165, 1.54) is 0 Å². The van der Waals surface area contributed by atoms with Crippen molar-refractivity contribution in [3.63, 3.8) is 0 Å². The summed E-state index contributed by atoms with van der Waals surface area (Å²) < 4.78 is 0. The average molecular weight is 316 g/mol. The Kier molecular flexibility index (Phi) is 3.94. The molecular weight excluding hydrogens is 296 g/mol. The van der Waals surface area contributed by atoms with Gasteiger partial charge in [-0.15, -0.1) is 0 Å². The summed E-state index contributed by atoms with van der Waals surface area (Å²) in [6, 6.07) is 5.54. The molecule has 1 aromatic rings. The number of hydrogen-bond donors (Lipinski definition) is 3. The van der Waals surface area contributed by atoms with Gasteiger partial charge in [0.2, 0.25) is 5.91 Å². The number of amides is 4. The van der Waals surface area contributed by atoms with Crippen LogP contribution in [0.3, 0.4) is 0 Å². The summed E-state index contributed by atoms with van der Waals surface area (Å²) in [4.78, 5) is 38.7. The van der Waals surface area contributed by atoms with Gasteiger partial charge in [-0.2, -0.15) is 0 Å². The van der Waals surface area contributed by atoms with Gasteiger partial charge in [0.25, 0.3) is 5.91 Å². The minimum atomic E-state index is -0.687. The molecule has 2 aliphatic rings. The lowest BCUT2D eigenvalue weighted by molar-refractivity contribution is -0.120. The van der Waals surface area contributed by atoms with E-state index in [0.717, 1.165) is 0 Å². The third-order valence-electron chi connectivity index (χ3n) is 4.08. The van der Waals surface area contributed by atoms with Gasteiger partial charge in [0.05, 0.1) is 17.3 Å². The number of benzene rings is 1. The lowest BCUT2D eigenvalue weighted by Gasteiger charge is -2.25. The Morgan fingerprint density at radius 1 is 1.30 bits per heavy atom. The summed E-state index contributed by atoms with van der Waals surface area (Å²) in [7, 11) is 0. The minimum absolute atomic E-state index is 0.00125. The Hall–Kier alpha value is -2.57. The molecule has 0 bridgehead atoms. The number of carbonyl (C=O) groups is 3. The number of urea groups is 1. The maximum absolute atomic E-state index is 12.7. The van der Waals surface area contributed by atoms with Gasteiger partial charge in [-0.1, -0.05) is 12.1 Å². The Morgan fingerprint density at radius 2 is 2.04 bits per heavy atom. The van der Waals surface area contributed by atoms with Gasteiger partial charge in [-0.05, 0) is 32.4 Å². The number of anilines is 1. The molecule has 1 aromatic carbocycles. The van der Waals surface area contributed by atoms with Crippen LogP contribution in [0.2, 0.25) is 0 Å². The van der Waals surface area contributed by atoms with E-state index < -0.39 is 12.1 Å². The average Bonchev–Trinajstić information content (AvgIpc) is 2.85. The Morgan fingerprint density at radius 3 is 2.78 bits per heavy atom. The van der Waals surface area contributed by atoms with E-state index in [-0.39, 0.29) is 23.9 Å². The molecule has 0 unspecified atom stereocenters. The zero-order chi connectivity index (χ0) is 16.6. The van der Waals surface area contributed by atoms with Gasteiger partial charge < -0.3 is 20.9 Å². The molecule has 2 atom stereocenters. The second-order valence-corrected chi connectivity index (χ2v) is 6.15. The van der Waals surface area contributed by atoms with Gasteiger partial charge in [0.15, 0.2) is 0 Å². The quantitative estimate of drug-likeness (QED) is 0.758. The highest BCUT2D eigenvalue weighted by atomic mass is 16.2. The third-order valence-corrected chi connectivity index (χ3v) is 4.08. The van der Waals surface area contributed by atoms with E-state index in [1.807, 2.05) is 13.8 Å². The van der Waals surface area contributed by atoms with Crippen LogP contribution in [0.1, 0.15) is 30.6 Å². The summed E-state index contributed by atoms with van der Waals surface area (Å²) in [6.07, 6.45) is 0.553. The topological polar surface area (TPSA) is 90.5 Å². The maximum atomic E-state index is 12.7. The van der Waals surface area contributed by atoms with Crippen molar-refractivity contribution in [2.75, 3.05) is 11.9 Å². The number of rotatable bonds is 2. The molecule has 122 valence electrons. The molecule has 7 heteroatoms. The number of hydrogen-bond acceptors (Lipinski definition) is 3. The summed E-state index contributed by atoms with van der Waals surface area (Å²) in [5, 5.41) is 8.34. The molecule has 0 aliphatic carbocycles. The van der Waals surface area contributed by atoms with E-state index >= 15 is 0 Å². The lowest BCUT2D eigenvalue weighted by Crippen LogP contribution is -2.54. The number of para-hydroxylation sites is 1. The predicted octanol–water partition coefficient (Wildman–Crippen LogP) is 0.929. The second-order valence-electron chi connectivity index (χ2n) is 6.15. The molecule has 4 amide bonds. The van der Waals surface area contributed by atoms with Crippen molar-refractivity contribution in [1.82, 2.24) is 15.5 Å². The van der Waals surface area contributed by atoms with Crippen LogP contribution < -0.4 is 16.0 Å². The molecule has 23 heavy (non-hydrogen) atoms. The third kappa shape index (κ3) is 2.86. The number of nitrogens with zero attached hydrogens (tertiary/aromatic N) is 1. The summed E-state index contributed by atoms with van der Waals surface area (Å²) in [5.74, 6) is -0.451. The normalized spacial score (nSPS) is 23.0. The fraction of sp³-hybridized carbons (Fsp3) is 0.438. The largest absolute Gasteiger partial charge is 0.336 e. The summed E-state index contributed by atoms with van der Waals surface area (Å²) >= 11 is 0. The van der Waals surface area contributed by atoms with Crippen LogP contribution in [0.15, 0.2) is 24.3 Å². The van der Waals surface area contributed by atoms with Crippen molar-refractivity contribution in [3.05, 3.63) is 29.8 Å². The molecule has 0 radical (unpaired) electrons.